The van der Waals surface area contributed by atoms with Crippen LogP contribution in [0, 0.1) is 0 Å². The van der Waals surface area contributed by atoms with E-state index < -0.39 is 0 Å². The molecule has 0 bridgehead atoms. The van der Waals surface area contributed by atoms with Gasteiger partial charge in [0.2, 0.25) is 0 Å². The summed E-state index contributed by atoms with van der Waals surface area (Å²) < 4.78 is 11.6. The second-order valence-electron chi connectivity index (χ2n) is 5.79. The van der Waals surface area contributed by atoms with Crippen molar-refractivity contribution >= 4 is 0 Å². The summed E-state index contributed by atoms with van der Waals surface area (Å²) in [6, 6.07) is 8.33. The molecular formula is C17H28N2O2. The minimum atomic E-state index is 0.317. The van der Waals surface area contributed by atoms with Gasteiger partial charge in [-0.2, -0.15) is 0 Å². The molecule has 1 aromatic rings. The normalized spacial score (nSPS) is 23.2. The molecule has 118 valence electrons. The van der Waals surface area contributed by atoms with Crippen molar-refractivity contribution in [1.29, 1.82) is 0 Å². The predicted octanol–water partition coefficient (Wildman–Crippen LogP) is 2.28. The Hall–Kier alpha value is -1.10. The first kappa shape index (κ1) is 16.3. The first-order valence-electron chi connectivity index (χ1n) is 7.97. The van der Waals surface area contributed by atoms with E-state index in [2.05, 4.69) is 49.2 Å². The Kier molecular flexibility index (Phi) is 6.49. The van der Waals surface area contributed by atoms with Crippen LogP contribution in [0.25, 0.3) is 0 Å². The molecule has 1 aliphatic heterocycles. The third-order valence-electron chi connectivity index (χ3n) is 3.65. The molecule has 0 amide bonds. The monoisotopic (exact) mass is 292 g/mol. The lowest BCUT2D eigenvalue weighted by Crippen LogP contribution is -2.46. The molecule has 0 saturated carbocycles. The molecule has 1 heterocycles. The number of hydrogen-bond donors (Lipinski definition) is 1. The summed E-state index contributed by atoms with van der Waals surface area (Å²) in [5, 5.41) is 3.33. The van der Waals surface area contributed by atoms with Gasteiger partial charge in [-0.1, -0.05) is 19.1 Å². The second kappa shape index (κ2) is 8.37. The zero-order valence-electron chi connectivity index (χ0n) is 13.5. The largest absolute Gasteiger partial charge is 0.492 e. The summed E-state index contributed by atoms with van der Waals surface area (Å²) in [6.45, 7) is 11.9. The van der Waals surface area contributed by atoms with Crippen LogP contribution in [0.15, 0.2) is 24.3 Å². The van der Waals surface area contributed by atoms with Crippen LogP contribution in [0.4, 0.5) is 0 Å². The van der Waals surface area contributed by atoms with Crippen LogP contribution >= 0.6 is 0 Å². The van der Waals surface area contributed by atoms with Gasteiger partial charge in [0, 0.05) is 26.2 Å². The lowest BCUT2D eigenvalue weighted by molar-refractivity contribution is -0.0699. The van der Waals surface area contributed by atoms with E-state index in [1.807, 2.05) is 6.07 Å². The molecule has 2 rings (SSSR count). The number of rotatable bonds is 7. The van der Waals surface area contributed by atoms with Gasteiger partial charge in [-0.25, -0.2) is 0 Å². The van der Waals surface area contributed by atoms with Crippen molar-refractivity contribution in [2.24, 2.45) is 0 Å². The number of nitrogens with zero attached hydrogens (tertiary/aromatic N) is 1. The van der Waals surface area contributed by atoms with Crippen molar-refractivity contribution in [2.45, 2.75) is 39.5 Å². The molecule has 0 radical (unpaired) electrons. The van der Waals surface area contributed by atoms with E-state index in [4.69, 9.17) is 9.47 Å². The lowest BCUT2D eigenvalue weighted by Gasteiger charge is -2.35. The first-order valence-corrected chi connectivity index (χ1v) is 7.97. The minimum Gasteiger partial charge on any atom is -0.492 e. The Labute approximate surface area is 128 Å². The Bertz CT molecular complexity index is 415. The van der Waals surface area contributed by atoms with Gasteiger partial charge in [-0.05, 0) is 38.1 Å². The average molecular weight is 292 g/mol. The van der Waals surface area contributed by atoms with Gasteiger partial charge in [0.05, 0.1) is 12.2 Å². The van der Waals surface area contributed by atoms with Crippen molar-refractivity contribution in [3.63, 3.8) is 0 Å². The van der Waals surface area contributed by atoms with Crippen LogP contribution in [0.2, 0.25) is 0 Å². The summed E-state index contributed by atoms with van der Waals surface area (Å²) >= 11 is 0. The molecule has 2 atom stereocenters. The van der Waals surface area contributed by atoms with E-state index >= 15 is 0 Å². The smallest absolute Gasteiger partial charge is 0.119 e. The number of ether oxygens (including phenoxy) is 2. The van der Waals surface area contributed by atoms with E-state index in [0.717, 1.165) is 45.1 Å². The summed E-state index contributed by atoms with van der Waals surface area (Å²) in [5.41, 5.74) is 1.27. The van der Waals surface area contributed by atoms with Gasteiger partial charge in [0.25, 0.3) is 0 Å². The molecule has 0 aliphatic carbocycles. The molecule has 1 aromatic carbocycles. The van der Waals surface area contributed by atoms with Gasteiger partial charge in [0.1, 0.15) is 12.4 Å². The summed E-state index contributed by atoms with van der Waals surface area (Å²) in [6.07, 6.45) is 0.634. The summed E-state index contributed by atoms with van der Waals surface area (Å²) in [5.74, 6) is 0.958. The van der Waals surface area contributed by atoms with Crippen LogP contribution in [0.5, 0.6) is 5.75 Å². The maximum absolute atomic E-state index is 5.89. The fourth-order valence-electron chi connectivity index (χ4n) is 2.77. The molecular weight excluding hydrogens is 264 g/mol. The fourth-order valence-corrected chi connectivity index (χ4v) is 2.77. The molecule has 1 aliphatic rings. The van der Waals surface area contributed by atoms with Crippen LogP contribution < -0.4 is 10.1 Å². The topological polar surface area (TPSA) is 33.7 Å². The number of benzene rings is 1. The van der Waals surface area contributed by atoms with Crippen molar-refractivity contribution in [1.82, 2.24) is 10.2 Å². The highest BCUT2D eigenvalue weighted by Gasteiger charge is 2.21. The molecule has 1 saturated heterocycles. The molecule has 0 spiro atoms. The number of nitrogens with one attached hydrogen (secondary N) is 1. The Morgan fingerprint density at radius 3 is 2.76 bits per heavy atom. The van der Waals surface area contributed by atoms with E-state index in [1.54, 1.807) is 0 Å². The van der Waals surface area contributed by atoms with Crippen molar-refractivity contribution < 1.29 is 9.47 Å². The summed E-state index contributed by atoms with van der Waals surface area (Å²) in [7, 11) is 0. The molecule has 21 heavy (non-hydrogen) atoms. The Morgan fingerprint density at radius 1 is 1.29 bits per heavy atom. The standard InChI is InChI=1S/C17H28N2O2/c1-4-18-11-16-6-5-7-17(10-16)20-9-8-19-12-14(2)21-15(3)13-19/h5-7,10,14-15,18H,4,8-9,11-13H2,1-3H3. The Balaban J connectivity index is 1.75. The van der Waals surface area contributed by atoms with Gasteiger partial charge in [0.15, 0.2) is 0 Å². The van der Waals surface area contributed by atoms with E-state index in [-0.39, 0.29) is 0 Å². The highest BCUT2D eigenvalue weighted by molar-refractivity contribution is 5.28. The maximum Gasteiger partial charge on any atom is 0.119 e. The fraction of sp³-hybridized carbons (Fsp3) is 0.647. The SMILES string of the molecule is CCNCc1cccc(OCCN2CC(C)OC(C)C2)c1. The van der Waals surface area contributed by atoms with E-state index in [0.29, 0.717) is 12.2 Å². The third kappa shape index (κ3) is 5.65. The van der Waals surface area contributed by atoms with Gasteiger partial charge in [-0.3, -0.25) is 4.90 Å². The minimum absolute atomic E-state index is 0.317. The second-order valence-corrected chi connectivity index (χ2v) is 5.79. The van der Waals surface area contributed by atoms with Gasteiger partial charge < -0.3 is 14.8 Å². The third-order valence-corrected chi connectivity index (χ3v) is 3.65. The molecule has 0 aromatic heterocycles. The van der Waals surface area contributed by atoms with E-state index in [1.165, 1.54) is 5.56 Å². The van der Waals surface area contributed by atoms with Crippen molar-refractivity contribution in [3.8, 4) is 5.75 Å². The summed E-state index contributed by atoms with van der Waals surface area (Å²) in [4.78, 5) is 2.42. The Morgan fingerprint density at radius 2 is 2.05 bits per heavy atom. The zero-order valence-corrected chi connectivity index (χ0v) is 13.5. The van der Waals surface area contributed by atoms with Crippen molar-refractivity contribution in [2.75, 3.05) is 32.8 Å². The van der Waals surface area contributed by atoms with Gasteiger partial charge in [-0.15, -0.1) is 0 Å². The van der Waals surface area contributed by atoms with Crippen LogP contribution in [-0.2, 0) is 11.3 Å². The molecule has 1 fully saturated rings. The number of morpholine rings is 1. The lowest BCUT2D eigenvalue weighted by atomic mass is 10.2. The predicted molar refractivity (Wildman–Crippen MR) is 85.8 cm³/mol. The average Bonchev–Trinajstić information content (AvgIpc) is 2.44. The molecule has 4 nitrogen and oxygen atoms in total. The maximum atomic E-state index is 5.89. The van der Waals surface area contributed by atoms with Crippen LogP contribution in [-0.4, -0.2) is 49.9 Å². The van der Waals surface area contributed by atoms with Crippen molar-refractivity contribution in [3.05, 3.63) is 29.8 Å². The highest BCUT2D eigenvalue weighted by Crippen LogP contribution is 2.14. The molecule has 4 heteroatoms. The molecule has 1 N–H and O–H groups in total. The quantitative estimate of drug-likeness (QED) is 0.836. The number of hydrogen-bond acceptors (Lipinski definition) is 4. The molecule has 2 unspecified atom stereocenters. The van der Waals surface area contributed by atoms with Crippen LogP contribution in [0.3, 0.4) is 0 Å². The first-order chi connectivity index (χ1) is 10.2. The zero-order chi connectivity index (χ0) is 15.1. The van der Waals surface area contributed by atoms with E-state index in [9.17, 15) is 0 Å². The van der Waals surface area contributed by atoms with Crippen LogP contribution in [0.1, 0.15) is 26.3 Å². The van der Waals surface area contributed by atoms with Gasteiger partial charge >= 0.3 is 0 Å². The highest BCUT2D eigenvalue weighted by atomic mass is 16.5.